The topological polar surface area (TPSA) is 12.9 Å². The molecule has 0 N–H and O–H groups in total. The third-order valence-corrected chi connectivity index (χ3v) is 1.96. The van der Waals surface area contributed by atoms with Gasteiger partial charge in [0.2, 0.25) is 0 Å². The molecular weight excluding hydrogens is 182 g/mol. The van der Waals surface area contributed by atoms with Gasteiger partial charge in [0, 0.05) is 18.0 Å². The summed E-state index contributed by atoms with van der Waals surface area (Å²) in [7, 11) is 0. The molecule has 0 aromatic carbocycles. The van der Waals surface area contributed by atoms with Gasteiger partial charge in [-0.3, -0.25) is 4.98 Å². The van der Waals surface area contributed by atoms with Crippen LogP contribution < -0.4 is 0 Å². The van der Waals surface area contributed by atoms with Crippen molar-refractivity contribution < 1.29 is 0 Å². The number of rotatable bonds is 3. The molecule has 0 spiro atoms. The fourth-order valence-corrected chi connectivity index (χ4v) is 1.39. The molecule has 1 heterocycles. The molecule has 0 amide bonds. The van der Waals surface area contributed by atoms with Crippen LogP contribution in [0.1, 0.15) is 25.0 Å². The van der Waals surface area contributed by atoms with Gasteiger partial charge < -0.3 is 0 Å². The summed E-state index contributed by atoms with van der Waals surface area (Å²) in [5.74, 6) is 0. The van der Waals surface area contributed by atoms with E-state index in [-0.39, 0.29) is 0 Å². The largest absolute Gasteiger partial charge is 0.264 e. The van der Waals surface area contributed by atoms with E-state index in [9.17, 15) is 0 Å². The number of hydrogen-bond donors (Lipinski definition) is 0. The number of hydrogen-bond acceptors (Lipinski definition) is 1. The third-order valence-electron chi connectivity index (χ3n) is 1.96. The highest BCUT2D eigenvalue weighted by Crippen LogP contribution is 2.17. The Hall–Kier alpha value is -1.63. The first-order valence-corrected chi connectivity index (χ1v) is 5.05. The van der Waals surface area contributed by atoms with Crippen molar-refractivity contribution in [2.24, 2.45) is 0 Å². The average Bonchev–Trinajstić information content (AvgIpc) is 2.16. The maximum atomic E-state index is 4.19. The minimum Gasteiger partial charge on any atom is -0.264 e. The third kappa shape index (κ3) is 3.55. The summed E-state index contributed by atoms with van der Waals surface area (Å²) in [6.45, 7) is 9.94. The Labute approximate surface area is 91.9 Å². The molecule has 78 valence electrons. The molecule has 1 nitrogen and oxygen atoms in total. The van der Waals surface area contributed by atoms with Gasteiger partial charge in [-0.15, -0.1) is 0 Å². The van der Waals surface area contributed by atoms with Gasteiger partial charge in [-0.05, 0) is 38.0 Å². The summed E-state index contributed by atoms with van der Waals surface area (Å²) >= 11 is 0. The van der Waals surface area contributed by atoms with Gasteiger partial charge in [-0.1, -0.05) is 30.4 Å². The lowest BCUT2D eigenvalue weighted by Crippen LogP contribution is -1.85. The lowest BCUT2D eigenvalue weighted by Gasteiger charge is -2.03. The second kappa shape index (κ2) is 5.30. The second-order valence-corrected chi connectivity index (χ2v) is 3.70. The number of aromatic nitrogens is 1. The first-order valence-electron chi connectivity index (χ1n) is 5.05. The summed E-state index contributed by atoms with van der Waals surface area (Å²) < 4.78 is 0. The molecule has 0 saturated carbocycles. The Balaban J connectivity index is 3.15. The zero-order valence-electron chi connectivity index (χ0n) is 9.62. The second-order valence-electron chi connectivity index (χ2n) is 3.70. The van der Waals surface area contributed by atoms with E-state index in [1.807, 2.05) is 39.2 Å². The molecule has 0 bridgehead atoms. The van der Waals surface area contributed by atoms with Gasteiger partial charge >= 0.3 is 0 Å². The maximum absolute atomic E-state index is 4.19. The van der Waals surface area contributed by atoms with Gasteiger partial charge in [0.1, 0.15) is 0 Å². The van der Waals surface area contributed by atoms with E-state index in [2.05, 4.69) is 29.8 Å². The zero-order valence-corrected chi connectivity index (χ0v) is 9.62. The number of aryl methyl sites for hydroxylation is 1. The van der Waals surface area contributed by atoms with Crippen LogP contribution in [-0.4, -0.2) is 4.98 Å². The fraction of sp³-hybridized carbons (Fsp3) is 0.214. The van der Waals surface area contributed by atoms with Crippen molar-refractivity contribution in [1.82, 2.24) is 4.98 Å². The van der Waals surface area contributed by atoms with Crippen LogP contribution >= 0.6 is 0 Å². The molecule has 1 heteroatoms. The van der Waals surface area contributed by atoms with Gasteiger partial charge in [0.05, 0.1) is 0 Å². The molecule has 0 fully saturated rings. The number of pyridine rings is 1. The molecule has 0 aliphatic heterocycles. The van der Waals surface area contributed by atoms with Gasteiger partial charge in [-0.2, -0.15) is 0 Å². The minimum atomic E-state index is 1.05. The highest BCUT2D eigenvalue weighted by atomic mass is 14.6. The Morgan fingerprint density at radius 1 is 1.40 bits per heavy atom. The summed E-state index contributed by atoms with van der Waals surface area (Å²) in [5.41, 5.74) is 4.51. The highest BCUT2D eigenvalue weighted by Gasteiger charge is 1.98. The molecule has 1 aromatic heterocycles. The lowest BCUT2D eigenvalue weighted by atomic mass is 10.0. The van der Waals surface area contributed by atoms with Gasteiger partial charge in [0.15, 0.2) is 0 Å². The van der Waals surface area contributed by atoms with Crippen LogP contribution in [-0.2, 0) is 0 Å². The number of nitrogens with zero attached hydrogens (tertiary/aromatic N) is 1. The predicted octanol–water partition coefficient (Wildman–Crippen LogP) is 3.93. The summed E-state index contributed by atoms with van der Waals surface area (Å²) in [5, 5.41) is 0. The highest BCUT2D eigenvalue weighted by molar-refractivity contribution is 5.75. The van der Waals surface area contributed by atoms with Crippen molar-refractivity contribution in [3.05, 3.63) is 60.0 Å². The quantitative estimate of drug-likeness (QED) is 0.672. The molecule has 1 rings (SSSR count). The SMILES string of the molecule is C=C(C)/C=C(\C=C/C)c1cncc(C)c1. The van der Waals surface area contributed by atoms with E-state index in [1.165, 1.54) is 5.56 Å². The first-order chi connectivity index (χ1) is 7.13. The van der Waals surface area contributed by atoms with Gasteiger partial charge in [0.25, 0.3) is 0 Å². The van der Waals surface area contributed by atoms with E-state index in [0.717, 1.165) is 16.7 Å². The van der Waals surface area contributed by atoms with Crippen molar-refractivity contribution in [3.8, 4) is 0 Å². The average molecular weight is 199 g/mol. The first kappa shape index (κ1) is 11.4. The van der Waals surface area contributed by atoms with E-state index < -0.39 is 0 Å². The molecule has 15 heavy (non-hydrogen) atoms. The van der Waals surface area contributed by atoms with Crippen molar-refractivity contribution in [2.45, 2.75) is 20.8 Å². The Bertz CT molecular complexity index is 411. The smallest absolute Gasteiger partial charge is 0.0346 e. The predicted molar refractivity (Wildman–Crippen MR) is 66.6 cm³/mol. The molecule has 0 radical (unpaired) electrons. The summed E-state index contributed by atoms with van der Waals surface area (Å²) in [4.78, 5) is 4.19. The molecule has 1 aromatic rings. The minimum absolute atomic E-state index is 1.05. The Kier molecular flexibility index (Phi) is 4.04. The zero-order chi connectivity index (χ0) is 11.3. The van der Waals surface area contributed by atoms with E-state index in [0.29, 0.717) is 0 Å². The van der Waals surface area contributed by atoms with Crippen LogP contribution in [0.15, 0.2) is 48.8 Å². The van der Waals surface area contributed by atoms with E-state index in [1.54, 1.807) is 0 Å². The van der Waals surface area contributed by atoms with Crippen LogP contribution in [0, 0.1) is 6.92 Å². The number of allylic oxidation sites excluding steroid dienone is 5. The monoisotopic (exact) mass is 199 g/mol. The molecule has 0 atom stereocenters. The van der Waals surface area contributed by atoms with Crippen LogP contribution in [0.5, 0.6) is 0 Å². The van der Waals surface area contributed by atoms with Gasteiger partial charge in [-0.25, -0.2) is 0 Å². The normalized spacial score (nSPS) is 12.1. The van der Waals surface area contributed by atoms with Crippen molar-refractivity contribution in [3.63, 3.8) is 0 Å². The van der Waals surface area contributed by atoms with E-state index in [4.69, 9.17) is 0 Å². The molecule has 0 aliphatic rings. The van der Waals surface area contributed by atoms with Crippen molar-refractivity contribution >= 4 is 5.57 Å². The fourth-order valence-electron chi connectivity index (χ4n) is 1.39. The molecular formula is C14H17N. The van der Waals surface area contributed by atoms with E-state index >= 15 is 0 Å². The van der Waals surface area contributed by atoms with Crippen LogP contribution in [0.25, 0.3) is 5.57 Å². The Morgan fingerprint density at radius 3 is 2.67 bits per heavy atom. The van der Waals surface area contributed by atoms with Crippen molar-refractivity contribution in [1.29, 1.82) is 0 Å². The molecule has 0 saturated heterocycles. The van der Waals surface area contributed by atoms with Crippen LogP contribution in [0.2, 0.25) is 0 Å². The van der Waals surface area contributed by atoms with Crippen LogP contribution in [0.3, 0.4) is 0 Å². The van der Waals surface area contributed by atoms with Crippen molar-refractivity contribution in [2.75, 3.05) is 0 Å². The molecule has 0 unspecified atom stereocenters. The molecule has 0 aliphatic carbocycles. The Morgan fingerprint density at radius 2 is 2.13 bits per heavy atom. The van der Waals surface area contributed by atoms with Crippen LogP contribution in [0.4, 0.5) is 0 Å². The standard InChI is InChI=1S/C14H17N/c1-5-6-13(7-11(2)3)14-8-12(4)9-15-10-14/h5-10H,2H2,1,3-4H3/b6-5-,13-7+. The summed E-state index contributed by atoms with van der Waals surface area (Å²) in [6, 6.07) is 2.13. The summed E-state index contributed by atoms with van der Waals surface area (Å²) in [6.07, 6.45) is 9.90. The maximum Gasteiger partial charge on any atom is 0.0346 e. The lowest BCUT2D eigenvalue weighted by molar-refractivity contribution is 1.25.